The normalized spacial score (nSPS) is 15.9. The summed E-state index contributed by atoms with van der Waals surface area (Å²) in [5.41, 5.74) is 3.14. The van der Waals surface area contributed by atoms with E-state index in [0.717, 1.165) is 16.8 Å². The Bertz CT molecular complexity index is 994. The zero-order valence-electron chi connectivity index (χ0n) is 15.2. The second-order valence-electron chi connectivity index (χ2n) is 6.27. The number of aromatic nitrogens is 3. The number of anilines is 1. The number of esters is 1. The number of nitrogens with zero attached hydrogens (tertiary/aromatic N) is 3. The highest BCUT2D eigenvalue weighted by molar-refractivity contribution is 5.92. The first-order chi connectivity index (χ1) is 13.2. The van der Waals surface area contributed by atoms with E-state index in [4.69, 9.17) is 9.84 Å². The van der Waals surface area contributed by atoms with Crippen LogP contribution in [0.5, 0.6) is 0 Å². The van der Waals surface area contributed by atoms with E-state index in [0.29, 0.717) is 24.0 Å². The standard InChI is InChI=1S/C21H20N4O2/c1-3-27-20(26)17-14(2)22-21-23-19(16-12-8-5-9-13-16)24-25(21)18(17)15-10-6-4-7-11-15/h4-13,18H,3H2,1-2H3,(H,22,23,24). The third-order valence-electron chi connectivity index (χ3n) is 4.50. The minimum absolute atomic E-state index is 0.316. The van der Waals surface area contributed by atoms with E-state index in [1.807, 2.05) is 67.6 Å². The lowest BCUT2D eigenvalue weighted by atomic mass is 9.96. The molecule has 0 fully saturated rings. The fourth-order valence-corrected chi connectivity index (χ4v) is 3.28. The molecule has 0 aliphatic carbocycles. The van der Waals surface area contributed by atoms with Gasteiger partial charge in [0.15, 0.2) is 5.82 Å². The molecule has 0 bridgehead atoms. The van der Waals surface area contributed by atoms with Crippen LogP contribution in [0.3, 0.4) is 0 Å². The third kappa shape index (κ3) is 3.10. The Balaban J connectivity index is 1.86. The third-order valence-corrected chi connectivity index (χ3v) is 4.50. The molecule has 27 heavy (non-hydrogen) atoms. The molecule has 4 rings (SSSR count). The maximum absolute atomic E-state index is 12.7. The Kier molecular flexibility index (Phi) is 4.46. The predicted octanol–water partition coefficient (Wildman–Crippen LogP) is 3.80. The second kappa shape index (κ2) is 7.07. The molecule has 0 amide bonds. The minimum atomic E-state index is -0.397. The molecule has 1 aromatic heterocycles. The molecular weight excluding hydrogens is 340 g/mol. The molecule has 6 nitrogen and oxygen atoms in total. The number of benzene rings is 2. The van der Waals surface area contributed by atoms with Crippen LogP contribution in [0.4, 0.5) is 5.95 Å². The molecule has 2 aromatic carbocycles. The van der Waals surface area contributed by atoms with Gasteiger partial charge in [0.1, 0.15) is 6.04 Å². The van der Waals surface area contributed by atoms with E-state index in [1.165, 1.54) is 0 Å². The number of carbonyl (C=O) groups excluding carboxylic acids is 1. The highest BCUT2D eigenvalue weighted by Crippen LogP contribution is 2.36. The zero-order chi connectivity index (χ0) is 18.8. The van der Waals surface area contributed by atoms with Crippen molar-refractivity contribution in [3.8, 4) is 11.4 Å². The highest BCUT2D eigenvalue weighted by Gasteiger charge is 2.35. The average Bonchev–Trinajstić information content (AvgIpc) is 3.12. The SMILES string of the molecule is CCOC(=O)C1=C(C)Nc2nc(-c3ccccc3)nn2C1c1ccccc1. The summed E-state index contributed by atoms with van der Waals surface area (Å²) in [5.74, 6) is 0.865. The lowest BCUT2D eigenvalue weighted by Gasteiger charge is -2.28. The number of hydrogen-bond donors (Lipinski definition) is 1. The Labute approximate surface area is 157 Å². The first-order valence-corrected chi connectivity index (χ1v) is 8.91. The van der Waals surface area contributed by atoms with Gasteiger partial charge >= 0.3 is 5.97 Å². The summed E-state index contributed by atoms with van der Waals surface area (Å²) in [6.07, 6.45) is 0. The monoisotopic (exact) mass is 360 g/mol. The Morgan fingerprint density at radius 3 is 2.44 bits per heavy atom. The Hall–Kier alpha value is -3.41. The van der Waals surface area contributed by atoms with Gasteiger partial charge in [0.2, 0.25) is 5.95 Å². The molecule has 0 saturated carbocycles. The first-order valence-electron chi connectivity index (χ1n) is 8.91. The first kappa shape index (κ1) is 17.0. The van der Waals surface area contributed by atoms with Crippen LogP contribution in [-0.4, -0.2) is 27.3 Å². The van der Waals surface area contributed by atoms with Crippen molar-refractivity contribution in [3.05, 3.63) is 77.5 Å². The van der Waals surface area contributed by atoms with Gasteiger partial charge in [-0.25, -0.2) is 9.48 Å². The van der Waals surface area contributed by atoms with Crippen LogP contribution in [0.1, 0.15) is 25.5 Å². The van der Waals surface area contributed by atoms with Crippen LogP contribution in [0.2, 0.25) is 0 Å². The number of rotatable bonds is 4. The minimum Gasteiger partial charge on any atom is -0.463 e. The van der Waals surface area contributed by atoms with Crippen molar-refractivity contribution in [2.45, 2.75) is 19.9 Å². The molecule has 1 atom stereocenters. The topological polar surface area (TPSA) is 69.0 Å². The van der Waals surface area contributed by atoms with E-state index < -0.39 is 6.04 Å². The van der Waals surface area contributed by atoms with Crippen molar-refractivity contribution in [2.24, 2.45) is 0 Å². The molecule has 6 heteroatoms. The number of hydrogen-bond acceptors (Lipinski definition) is 5. The van der Waals surface area contributed by atoms with Crippen molar-refractivity contribution in [2.75, 3.05) is 11.9 Å². The van der Waals surface area contributed by atoms with E-state index in [9.17, 15) is 4.79 Å². The molecular formula is C21H20N4O2. The van der Waals surface area contributed by atoms with Crippen LogP contribution in [0, 0.1) is 0 Å². The molecule has 2 heterocycles. The summed E-state index contributed by atoms with van der Waals surface area (Å²) >= 11 is 0. The van der Waals surface area contributed by atoms with Gasteiger partial charge in [-0.3, -0.25) is 0 Å². The number of ether oxygens (including phenoxy) is 1. The molecule has 3 aromatic rings. The summed E-state index contributed by atoms with van der Waals surface area (Å²) in [6.45, 7) is 3.98. The largest absolute Gasteiger partial charge is 0.463 e. The van der Waals surface area contributed by atoms with Crippen molar-refractivity contribution in [1.29, 1.82) is 0 Å². The lowest BCUT2D eigenvalue weighted by Crippen LogP contribution is -2.29. The number of fused-ring (bicyclic) bond motifs is 1. The van der Waals surface area contributed by atoms with Crippen molar-refractivity contribution in [3.63, 3.8) is 0 Å². The van der Waals surface area contributed by atoms with Crippen molar-refractivity contribution >= 4 is 11.9 Å². The van der Waals surface area contributed by atoms with Gasteiger partial charge in [0, 0.05) is 11.3 Å². The van der Waals surface area contributed by atoms with Gasteiger partial charge in [-0.2, -0.15) is 4.98 Å². The van der Waals surface area contributed by atoms with Crippen LogP contribution < -0.4 is 5.32 Å². The van der Waals surface area contributed by atoms with E-state index in [2.05, 4.69) is 10.3 Å². The van der Waals surface area contributed by atoms with Crippen molar-refractivity contribution < 1.29 is 9.53 Å². The predicted molar refractivity (Wildman–Crippen MR) is 103 cm³/mol. The lowest BCUT2D eigenvalue weighted by molar-refractivity contribution is -0.139. The summed E-state index contributed by atoms with van der Waals surface area (Å²) in [4.78, 5) is 17.3. The van der Waals surface area contributed by atoms with Gasteiger partial charge in [-0.15, -0.1) is 5.10 Å². The zero-order valence-corrected chi connectivity index (χ0v) is 15.2. The summed E-state index contributed by atoms with van der Waals surface area (Å²) < 4.78 is 7.07. The van der Waals surface area contributed by atoms with E-state index in [-0.39, 0.29) is 5.97 Å². The Morgan fingerprint density at radius 1 is 1.11 bits per heavy atom. The van der Waals surface area contributed by atoms with Gasteiger partial charge in [0.25, 0.3) is 0 Å². The molecule has 0 saturated heterocycles. The smallest absolute Gasteiger partial charge is 0.338 e. The fraction of sp³-hybridized carbons (Fsp3) is 0.190. The molecule has 1 unspecified atom stereocenters. The maximum Gasteiger partial charge on any atom is 0.338 e. The van der Waals surface area contributed by atoms with Gasteiger partial charge in [0.05, 0.1) is 12.2 Å². The second-order valence-corrected chi connectivity index (χ2v) is 6.27. The van der Waals surface area contributed by atoms with Crippen molar-refractivity contribution in [1.82, 2.24) is 14.8 Å². The fourth-order valence-electron chi connectivity index (χ4n) is 3.28. The molecule has 1 N–H and O–H groups in total. The molecule has 0 radical (unpaired) electrons. The van der Waals surface area contributed by atoms with E-state index >= 15 is 0 Å². The molecule has 1 aliphatic rings. The number of allylic oxidation sites excluding steroid dienone is 1. The Morgan fingerprint density at radius 2 is 1.78 bits per heavy atom. The van der Waals surface area contributed by atoms with Crippen LogP contribution in [0.25, 0.3) is 11.4 Å². The molecule has 0 spiro atoms. The number of nitrogens with one attached hydrogen (secondary N) is 1. The maximum atomic E-state index is 12.7. The molecule has 1 aliphatic heterocycles. The summed E-state index contributed by atoms with van der Waals surface area (Å²) in [5, 5.41) is 7.91. The summed E-state index contributed by atoms with van der Waals surface area (Å²) in [6, 6.07) is 19.2. The van der Waals surface area contributed by atoms with Crippen LogP contribution in [-0.2, 0) is 9.53 Å². The van der Waals surface area contributed by atoms with Gasteiger partial charge in [-0.05, 0) is 19.4 Å². The van der Waals surface area contributed by atoms with Gasteiger partial charge < -0.3 is 10.1 Å². The molecule has 136 valence electrons. The summed E-state index contributed by atoms with van der Waals surface area (Å²) in [7, 11) is 0. The van der Waals surface area contributed by atoms with Crippen LogP contribution >= 0.6 is 0 Å². The average molecular weight is 360 g/mol. The van der Waals surface area contributed by atoms with E-state index in [1.54, 1.807) is 11.6 Å². The van der Waals surface area contributed by atoms with Crippen LogP contribution in [0.15, 0.2) is 71.9 Å². The highest BCUT2D eigenvalue weighted by atomic mass is 16.5. The number of carbonyl (C=O) groups is 1. The quantitative estimate of drug-likeness (QED) is 0.717. The van der Waals surface area contributed by atoms with Gasteiger partial charge in [-0.1, -0.05) is 60.7 Å².